The van der Waals surface area contributed by atoms with Crippen LogP contribution < -0.4 is 5.32 Å². The van der Waals surface area contributed by atoms with Gasteiger partial charge in [-0.15, -0.1) is 0 Å². The third-order valence-corrected chi connectivity index (χ3v) is 3.64. The average Bonchev–Trinajstić information content (AvgIpc) is 2.55. The summed E-state index contributed by atoms with van der Waals surface area (Å²) < 4.78 is 11.2. The first kappa shape index (κ1) is 16.0. The van der Waals surface area contributed by atoms with E-state index in [1.165, 1.54) is 12.8 Å². The van der Waals surface area contributed by atoms with Crippen LogP contribution in [0.5, 0.6) is 0 Å². The maximum absolute atomic E-state index is 10.6. The zero-order chi connectivity index (χ0) is 14.8. The average molecular weight is 291 g/mol. The van der Waals surface area contributed by atoms with E-state index >= 15 is 0 Å². The number of anilines is 1. The molecule has 1 aromatic rings. The van der Waals surface area contributed by atoms with Crippen LogP contribution in [0.4, 0.5) is 5.69 Å². The van der Waals surface area contributed by atoms with E-state index in [4.69, 9.17) is 9.47 Å². The Morgan fingerprint density at radius 3 is 2.76 bits per heavy atom. The summed E-state index contributed by atoms with van der Waals surface area (Å²) in [7, 11) is 0. The van der Waals surface area contributed by atoms with Crippen LogP contribution in [0.2, 0.25) is 0 Å². The van der Waals surface area contributed by atoms with Crippen molar-refractivity contribution >= 4 is 12.0 Å². The first-order valence-electron chi connectivity index (χ1n) is 7.91. The predicted octanol–water partition coefficient (Wildman–Crippen LogP) is 3.62. The monoisotopic (exact) mass is 291 g/mol. The molecule has 1 aliphatic rings. The first-order valence-corrected chi connectivity index (χ1v) is 7.91. The van der Waals surface area contributed by atoms with Crippen molar-refractivity contribution in [3.8, 4) is 0 Å². The Morgan fingerprint density at radius 2 is 2.05 bits per heavy atom. The molecule has 4 nitrogen and oxygen atoms in total. The van der Waals surface area contributed by atoms with E-state index in [-0.39, 0.29) is 6.29 Å². The Bertz CT molecular complexity index is 399. The van der Waals surface area contributed by atoms with Gasteiger partial charge in [-0.3, -0.25) is 4.79 Å². The molecule has 2 rings (SSSR count). The van der Waals surface area contributed by atoms with Crippen LogP contribution in [0.15, 0.2) is 24.3 Å². The van der Waals surface area contributed by atoms with E-state index in [1.54, 1.807) is 0 Å². The molecule has 0 saturated carbocycles. The topological polar surface area (TPSA) is 47.6 Å². The molecule has 1 fully saturated rings. The van der Waals surface area contributed by atoms with Crippen LogP contribution in [-0.2, 0) is 9.47 Å². The van der Waals surface area contributed by atoms with Gasteiger partial charge in [-0.1, -0.05) is 0 Å². The van der Waals surface area contributed by atoms with E-state index in [1.807, 2.05) is 24.3 Å². The van der Waals surface area contributed by atoms with Crippen molar-refractivity contribution in [2.45, 2.75) is 44.8 Å². The summed E-state index contributed by atoms with van der Waals surface area (Å²) in [6.07, 6.45) is 7.66. The van der Waals surface area contributed by atoms with Gasteiger partial charge in [-0.25, -0.2) is 0 Å². The summed E-state index contributed by atoms with van der Waals surface area (Å²) in [6, 6.07) is 7.53. The minimum absolute atomic E-state index is 0.0354. The van der Waals surface area contributed by atoms with Crippen molar-refractivity contribution in [3.63, 3.8) is 0 Å². The molecule has 1 heterocycles. The maximum Gasteiger partial charge on any atom is 0.157 e. The molecular weight excluding hydrogens is 266 g/mol. The van der Waals surface area contributed by atoms with Crippen molar-refractivity contribution < 1.29 is 14.3 Å². The van der Waals surface area contributed by atoms with Crippen LogP contribution in [0, 0.1) is 0 Å². The number of hydrogen-bond donors (Lipinski definition) is 1. The van der Waals surface area contributed by atoms with Crippen LogP contribution in [0.1, 0.15) is 48.9 Å². The number of rotatable bonds is 9. The van der Waals surface area contributed by atoms with Gasteiger partial charge in [0.2, 0.25) is 0 Å². The van der Waals surface area contributed by atoms with Gasteiger partial charge in [0.15, 0.2) is 6.29 Å². The lowest BCUT2D eigenvalue weighted by molar-refractivity contribution is -0.162. The van der Waals surface area contributed by atoms with Gasteiger partial charge >= 0.3 is 0 Å². The van der Waals surface area contributed by atoms with E-state index < -0.39 is 0 Å². The van der Waals surface area contributed by atoms with Crippen molar-refractivity contribution in [2.75, 3.05) is 25.1 Å². The highest BCUT2D eigenvalue weighted by atomic mass is 16.7. The molecule has 1 aliphatic heterocycles. The fourth-order valence-corrected chi connectivity index (χ4v) is 2.37. The summed E-state index contributed by atoms with van der Waals surface area (Å²) in [5.41, 5.74) is 1.77. The molecule has 0 radical (unpaired) electrons. The molecule has 0 aliphatic carbocycles. The van der Waals surface area contributed by atoms with E-state index in [0.717, 1.165) is 57.4 Å². The molecule has 1 unspecified atom stereocenters. The van der Waals surface area contributed by atoms with Gasteiger partial charge < -0.3 is 14.8 Å². The summed E-state index contributed by atoms with van der Waals surface area (Å²) in [5.74, 6) is 0. The molecule has 1 saturated heterocycles. The maximum atomic E-state index is 10.6. The molecule has 0 aromatic heterocycles. The number of carbonyl (C=O) groups excluding carboxylic acids is 1. The van der Waals surface area contributed by atoms with Gasteiger partial charge in [0.05, 0.1) is 0 Å². The summed E-state index contributed by atoms with van der Waals surface area (Å²) in [4.78, 5) is 10.6. The van der Waals surface area contributed by atoms with Crippen molar-refractivity contribution in [2.24, 2.45) is 0 Å². The van der Waals surface area contributed by atoms with E-state index in [9.17, 15) is 4.79 Å². The third kappa shape index (κ3) is 6.27. The third-order valence-electron chi connectivity index (χ3n) is 3.64. The molecule has 21 heavy (non-hydrogen) atoms. The van der Waals surface area contributed by atoms with Crippen molar-refractivity contribution in [1.29, 1.82) is 0 Å². The van der Waals surface area contributed by atoms with Crippen LogP contribution in [-0.4, -0.2) is 32.3 Å². The minimum Gasteiger partial charge on any atom is -0.385 e. The molecule has 0 bridgehead atoms. The summed E-state index contributed by atoms with van der Waals surface area (Å²) in [6.45, 7) is 2.58. The first-order chi connectivity index (χ1) is 10.4. The number of benzene rings is 1. The lowest BCUT2D eigenvalue weighted by atomic mass is 10.2. The zero-order valence-electron chi connectivity index (χ0n) is 12.6. The SMILES string of the molecule is O=Cc1ccc(NCCCCCOC2CCCCO2)cc1. The fourth-order valence-electron chi connectivity index (χ4n) is 2.37. The van der Waals surface area contributed by atoms with Crippen LogP contribution in [0.3, 0.4) is 0 Å². The lowest BCUT2D eigenvalue weighted by Gasteiger charge is -2.22. The molecular formula is C17H25NO3. The number of hydrogen-bond acceptors (Lipinski definition) is 4. The van der Waals surface area contributed by atoms with Crippen LogP contribution >= 0.6 is 0 Å². The van der Waals surface area contributed by atoms with Crippen molar-refractivity contribution in [1.82, 2.24) is 0 Å². The molecule has 0 spiro atoms. The molecule has 1 aromatic carbocycles. The Morgan fingerprint density at radius 1 is 1.19 bits per heavy atom. The molecule has 0 amide bonds. The highest BCUT2D eigenvalue weighted by Gasteiger charge is 2.13. The van der Waals surface area contributed by atoms with Crippen LogP contribution in [0.25, 0.3) is 0 Å². The Labute approximate surface area is 126 Å². The number of aldehydes is 1. The number of ether oxygens (including phenoxy) is 2. The fraction of sp³-hybridized carbons (Fsp3) is 0.588. The normalized spacial score (nSPS) is 18.4. The number of carbonyl (C=O) groups is 1. The molecule has 116 valence electrons. The molecule has 1 N–H and O–H groups in total. The predicted molar refractivity (Wildman–Crippen MR) is 83.7 cm³/mol. The van der Waals surface area contributed by atoms with Gasteiger partial charge in [0.1, 0.15) is 6.29 Å². The minimum atomic E-state index is 0.0354. The van der Waals surface area contributed by atoms with Gasteiger partial charge in [-0.05, 0) is 62.8 Å². The quantitative estimate of drug-likeness (QED) is 0.557. The highest BCUT2D eigenvalue weighted by molar-refractivity contribution is 5.75. The number of nitrogens with one attached hydrogen (secondary N) is 1. The second-order valence-corrected chi connectivity index (χ2v) is 5.39. The smallest absolute Gasteiger partial charge is 0.157 e. The van der Waals surface area contributed by atoms with Crippen molar-refractivity contribution in [3.05, 3.63) is 29.8 Å². The summed E-state index contributed by atoms with van der Waals surface area (Å²) in [5, 5.41) is 3.35. The van der Waals surface area contributed by atoms with Gasteiger partial charge in [0, 0.05) is 31.0 Å². The van der Waals surface area contributed by atoms with Gasteiger partial charge in [-0.2, -0.15) is 0 Å². The molecule has 1 atom stereocenters. The zero-order valence-corrected chi connectivity index (χ0v) is 12.6. The Balaban J connectivity index is 1.46. The Kier molecular flexibility index (Phi) is 7.25. The lowest BCUT2D eigenvalue weighted by Crippen LogP contribution is -2.22. The number of unbranched alkanes of at least 4 members (excludes halogenated alkanes) is 2. The standard InChI is InChI=1S/C17H25NO3/c19-14-15-7-9-16(10-8-15)18-11-3-1-4-12-20-17-6-2-5-13-21-17/h7-10,14,17-18H,1-6,11-13H2. The van der Waals surface area contributed by atoms with E-state index in [2.05, 4.69) is 5.32 Å². The highest BCUT2D eigenvalue weighted by Crippen LogP contribution is 2.14. The van der Waals surface area contributed by atoms with Gasteiger partial charge in [0.25, 0.3) is 0 Å². The molecule has 4 heteroatoms. The second-order valence-electron chi connectivity index (χ2n) is 5.39. The summed E-state index contributed by atoms with van der Waals surface area (Å²) >= 11 is 0. The Hall–Kier alpha value is -1.39. The second kappa shape index (κ2) is 9.53. The largest absolute Gasteiger partial charge is 0.385 e. The van der Waals surface area contributed by atoms with E-state index in [0.29, 0.717) is 5.56 Å².